The van der Waals surface area contributed by atoms with Gasteiger partial charge in [-0.1, -0.05) is 12.8 Å². The summed E-state index contributed by atoms with van der Waals surface area (Å²) in [5, 5.41) is 9.65. The lowest BCUT2D eigenvalue weighted by atomic mass is 10.2. The Morgan fingerprint density at radius 2 is 1.42 bits per heavy atom. The fraction of sp³-hybridized carbons (Fsp3) is 0.941. The number of aliphatic hydroxyl groups is 1. The van der Waals surface area contributed by atoms with E-state index in [9.17, 15) is 0 Å². The summed E-state index contributed by atoms with van der Waals surface area (Å²) in [5.74, 6) is 3.48. The van der Waals surface area contributed by atoms with E-state index in [1.54, 1.807) is 6.92 Å². The van der Waals surface area contributed by atoms with Crippen molar-refractivity contribution >= 4 is 37.0 Å². The first-order valence-electron chi connectivity index (χ1n) is 9.29. The van der Waals surface area contributed by atoms with Crippen molar-refractivity contribution in [1.82, 2.24) is 0 Å². The number of thioether (sulfide) groups is 1. The van der Waals surface area contributed by atoms with E-state index in [0.717, 1.165) is 35.3 Å². The van der Waals surface area contributed by atoms with Gasteiger partial charge in [-0.2, -0.15) is 23.1 Å². The van der Waals surface area contributed by atoms with Crippen molar-refractivity contribution in [2.24, 2.45) is 0 Å². The average Bonchev–Trinajstić information content (AvgIpc) is 2.53. The van der Waals surface area contributed by atoms with E-state index in [1.807, 2.05) is 32.5 Å². The van der Waals surface area contributed by atoms with Crippen molar-refractivity contribution in [3.05, 3.63) is 0 Å². The number of hydrogen-bond donors (Lipinski definition) is 2. The Morgan fingerprint density at radius 3 is 1.96 bits per heavy atom. The summed E-state index contributed by atoms with van der Waals surface area (Å²) in [5.41, 5.74) is 0. The van der Waals surface area contributed by atoms with Crippen molar-refractivity contribution in [3.8, 4) is 0 Å². The Hall–Kier alpha value is 0.627. The van der Waals surface area contributed by atoms with Crippen LogP contribution >= 0.6 is 23.1 Å². The number of rotatable bonds is 17. The lowest BCUT2D eigenvalue weighted by Crippen LogP contribution is -2.46. The Morgan fingerprint density at radius 1 is 0.875 bits per heavy atom. The Balaban J connectivity index is 3.69. The zero-order valence-electron chi connectivity index (χ0n) is 16.0. The first kappa shape index (κ1) is 24.6. The lowest BCUT2D eigenvalue weighted by molar-refractivity contribution is 0.0712. The zero-order chi connectivity index (χ0) is 18.1. The van der Waals surface area contributed by atoms with Crippen LogP contribution in [0.1, 0.15) is 59.8 Å². The van der Waals surface area contributed by atoms with E-state index in [2.05, 4.69) is 0 Å². The Bertz CT molecular complexity index is 296. The minimum absolute atomic E-state index is 0.538. The molecule has 24 heavy (non-hydrogen) atoms. The maximum absolute atomic E-state index is 9.11. The van der Waals surface area contributed by atoms with Crippen LogP contribution in [0.15, 0.2) is 0 Å². The summed E-state index contributed by atoms with van der Waals surface area (Å²) in [6.45, 7) is 9.78. The third-order valence-electron chi connectivity index (χ3n) is 3.40. The van der Waals surface area contributed by atoms with Gasteiger partial charge in [0.05, 0.1) is 5.05 Å². The van der Waals surface area contributed by atoms with Gasteiger partial charge in [-0.15, -0.1) is 0 Å². The van der Waals surface area contributed by atoms with Crippen molar-refractivity contribution in [2.45, 2.75) is 65.8 Å². The molecule has 146 valence electrons. The summed E-state index contributed by atoms with van der Waals surface area (Å²) >= 11 is 3.12. The van der Waals surface area contributed by atoms with E-state index in [4.69, 9.17) is 18.4 Å². The molecule has 0 aliphatic carbocycles. The number of aliphatic hydroxyl groups excluding tert-OH is 1. The summed E-state index contributed by atoms with van der Waals surface area (Å²) in [6.07, 6.45) is 6.17. The molecule has 0 aromatic carbocycles. The summed E-state index contributed by atoms with van der Waals surface area (Å²) in [6, 6.07) is 0.922. The molecule has 1 N–H and O–H groups in total. The van der Waals surface area contributed by atoms with Gasteiger partial charge in [0, 0.05) is 25.9 Å². The van der Waals surface area contributed by atoms with E-state index < -0.39 is 8.80 Å². The quantitative estimate of drug-likeness (QED) is 0.158. The standard InChI is InChI=1S/C17H38O4S2Si/c1-5-19-24(20-6-2,21-7-3)16-12-14-22-13-10-8-9-11-15-23-17(4)18/h18,23H,5-16H2,1-4H3. The van der Waals surface area contributed by atoms with Crippen LogP contribution in [0.3, 0.4) is 0 Å². The molecule has 7 heteroatoms. The third-order valence-corrected chi connectivity index (χ3v) is 8.71. The van der Waals surface area contributed by atoms with Crippen LogP contribution in [-0.2, 0) is 13.3 Å². The molecular formula is C17H38O4S2Si. The molecular weight excluding hydrogens is 360 g/mol. The number of unbranched alkanes of at least 4 members (excludes halogenated alkanes) is 3. The van der Waals surface area contributed by atoms with Crippen LogP contribution in [0.2, 0.25) is 6.04 Å². The van der Waals surface area contributed by atoms with Crippen molar-refractivity contribution < 1.29 is 18.4 Å². The van der Waals surface area contributed by atoms with Crippen LogP contribution < -0.4 is 0 Å². The number of hydrogen-bond acceptors (Lipinski definition) is 4. The topological polar surface area (TPSA) is 47.9 Å². The third kappa shape index (κ3) is 13.9. The predicted molar refractivity (Wildman–Crippen MR) is 113 cm³/mol. The second kappa shape index (κ2) is 17.1. The van der Waals surface area contributed by atoms with Gasteiger partial charge in [-0.3, -0.25) is 0 Å². The first-order chi connectivity index (χ1) is 11.6. The first-order valence-corrected chi connectivity index (χ1v) is 13.5. The molecule has 4 nitrogen and oxygen atoms in total. The molecule has 0 atom stereocenters. The highest BCUT2D eigenvalue weighted by molar-refractivity contribution is 7.99. The zero-order valence-corrected chi connectivity index (χ0v) is 18.7. The highest BCUT2D eigenvalue weighted by Crippen LogP contribution is 2.20. The van der Waals surface area contributed by atoms with Crippen molar-refractivity contribution in [3.63, 3.8) is 0 Å². The molecule has 0 saturated heterocycles. The molecule has 0 amide bonds. The van der Waals surface area contributed by atoms with Crippen molar-refractivity contribution in [2.75, 3.05) is 37.1 Å². The van der Waals surface area contributed by atoms with E-state index >= 15 is 0 Å². The van der Waals surface area contributed by atoms with Gasteiger partial charge in [0.1, 0.15) is 0 Å². The van der Waals surface area contributed by atoms with Crippen LogP contribution in [0.5, 0.6) is 0 Å². The largest absolute Gasteiger partial charge is 0.500 e. The van der Waals surface area contributed by atoms with Crippen LogP contribution in [0.4, 0.5) is 0 Å². The normalized spacial score (nSPS) is 13.1. The molecule has 0 unspecified atom stereocenters. The van der Waals surface area contributed by atoms with E-state index in [0.29, 0.717) is 24.9 Å². The minimum Gasteiger partial charge on any atom is -0.374 e. The van der Waals surface area contributed by atoms with Crippen molar-refractivity contribution in [1.29, 1.82) is 0 Å². The Labute approximate surface area is 158 Å². The molecule has 0 radical (unpaired) electrons. The molecule has 0 spiro atoms. The lowest BCUT2D eigenvalue weighted by Gasteiger charge is -2.28. The summed E-state index contributed by atoms with van der Waals surface area (Å²) in [4.78, 5) is 0. The maximum atomic E-state index is 9.11. The fourth-order valence-electron chi connectivity index (χ4n) is 2.40. The van der Waals surface area contributed by atoms with Gasteiger partial charge in [-0.05, 0) is 64.2 Å². The van der Waals surface area contributed by atoms with E-state index in [-0.39, 0.29) is 0 Å². The van der Waals surface area contributed by atoms with E-state index in [1.165, 1.54) is 31.4 Å². The Kier molecular flexibility index (Phi) is 17.5. The second-order valence-electron chi connectivity index (χ2n) is 5.54. The highest BCUT2D eigenvalue weighted by atomic mass is 32.2. The van der Waals surface area contributed by atoms with Gasteiger partial charge in [0.25, 0.3) is 0 Å². The molecule has 0 bridgehead atoms. The molecule has 0 saturated carbocycles. The maximum Gasteiger partial charge on any atom is 0.500 e. The molecule has 0 aliphatic rings. The monoisotopic (exact) mass is 398 g/mol. The SMILES string of the molecule is CCO[Si](CCCSCCCCCC[SH]=C(C)O)(OCC)OCC. The van der Waals surface area contributed by atoms with Gasteiger partial charge in [-0.25, -0.2) is 0 Å². The van der Waals surface area contributed by atoms with Gasteiger partial charge >= 0.3 is 8.80 Å². The molecule has 0 aliphatic heterocycles. The fourth-order valence-corrected chi connectivity index (χ4v) is 6.94. The summed E-state index contributed by atoms with van der Waals surface area (Å²) in [7, 11) is -2.43. The van der Waals surface area contributed by atoms with Crippen LogP contribution in [0.25, 0.3) is 0 Å². The van der Waals surface area contributed by atoms with Gasteiger partial charge in [0.2, 0.25) is 0 Å². The van der Waals surface area contributed by atoms with Gasteiger partial charge in [0.15, 0.2) is 0 Å². The average molecular weight is 399 g/mol. The second-order valence-corrected chi connectivity index (χ2v) is 10.9. The molecule has 0 heterocycles. The highest BCUT2D eigenvalue weighted by Gasteiger charge is 2.39. The molecule has 0 aromatic heterocycles. The smallest absolute Gasteiger partial charge is 0.374 e. The van der Waals surface area contributed by atoms with Gasteiger partial charge < -0.3 is 18.4 Å². The summed E-state index contributed by atoms with van der Waals surface area (Å²) < 4.78 is 17.6. The van der Waals surface area contributed by atoms with Crippen LogP contribution in [0, 0.1) is 0 Å². The predicted octanol–water partition coefficient (Wildman–Crippen LogP) is 4.89. The van der Waals surface area contributed by atoms with Crippen LogP contribution in [-0.4, -0.2) is 56.0 Å². The molecule has 0 fully saturated rings. The minimum atomic E-state index is -2.43. The number of thiol groups is 1. The molecule has 0 aromatic rings. The molecule has 0 rings (SSSR count).